The SMILES string of the molecule is COC(=O)CCCN(C)Cc1ncoc1C. The molecule has 0 aliphatic rings. The minimum absolute atomic E-state index is 0.161. The van der Waals surface area contributed by atoms with Gasteiger partial charge < -0.3 is 14.1 Å². The van der Waals surface area contributed by atoms with Crippen LogP contribution >= 0.6 is 0 Å². The number of carbonyl (C=O) groups excluding carboxylic acids is 1. The first-order valence-corrected chi connectivity index (χ1v) is 5.27. The maximum atomic E-state index is 10.9. The largest absolute Gasteiger partial charge is 0.469 e. The first-order chi connectivity index (χ1) is 7.63. The van der Waals surface area contributed by atoms with Gasteiger partial charge in [-0.3, -0.25) is 4.79 Å². The summed E-state index contributed by atoms with van der Waals surface area (Å²) in [4.78, 5) is 17.1. The van der Waals surface area contributed by atoms with Gasteiger partial charge in [0, 0.05) is 13.0 Å². The van der Waals surface area contributed by atoms with E-state index in [1.165, 1.54) is 13.5 Å². The van der Waals surface area contributed by atoms with Gasteiger partial charge in [-0.05, 0) is 26.9 Å². The van der Waals surface area contributed by atoms with Gasteiger partial charge in [0.2, 0.25) is 0 Å². The predicted molar refractivity (Wildman–Crippen MR) is 58.8 cm³/mol. The molecule has 0 spiro atoms. The molecule has 0 atom stereocenters. The minimum Gasteiger partial charge on any atom is -0.469 e. The molecule has 5 heteroatoms. The van der Waals surface area contributed by atoms with E-state index < -0.39 is 0 Å². The molecule has 0 unspecified atom stereocenters. The maximum absolute atomic E-state index is 10.9. The van der Waals surface area contributed by atoms with E-state index in [-0.39, 0.29) is 5.97 Å². The summed E-state index contributed by atoms with van der Waals surface area (Å²) in [6.07, 6.45) is 2.70. The zero-order valence-corrected chi connectivity index (χ0v) is 10.0. The minimum atomic E-state index is -0.161. The van der Waals surface area contributed by atoms with E-state index in [1.54, 1.807) is 0 Å². The summed E-state index contributed by atoms with van der Waals surface area (Å²) in [6.45, 7) is 3.47. The van der Waals surface area contributed by atoms with E-state index in [2.05, 4.69) is 14.6 Å². The predicted octanol–water partition coefficient (Wildman–Crippen LogP) is 1.37. The molecule has 0 amide bonds. The second-order valence-electron chi connectivity index (χ2n) is 3.77. The number of methoxy groups -OCH3 is 1. The van der Waals surface area contributed by atoms with Crippen LogP contribution in [0.25, 0.3) is 0 Å². The Hall–Kier alpha value is -1.36. The molecule has 16 heavy (non-hydrogen) atoms. The van der Waals surface area contributed by atoms with E-state index in [1.807, 2.05) is 14.0 Å². The van der Waals surface area contributed by atoms with E-state index in [0.29, 0.717) is 6.42 Å². The Morgan fingerprint density at radius 3 is 2.94 bits per heavy atom. The molecule has 0 N–H and O–H groups in total. The van der Waals surface area contributed by atoms with Crippen LogP contribution in [0.1, 0.15) is 24.3 Å². The topological polar surface area (TPSA) is 55.6 Å². The third-order valence-electron chi connectivity index (χ3n) is 2.41. The van der Waals surface area contributed by atoms with Gasteiger partial charge in [0.1, 0.15) is 5.76 Å². The van der Waals surface area contributed by atoms with Crippen LogP contribution in [0.3, 0.4) is 0 Å². The third-order valence-corrected chi connectivity index (χ3v) is 2.41. The number of rotatable bonds is 6. The van der Waals surface area contributed by atoms with Gasteiger partial charge >= 0.3 is 5.97 Å². The number of nitrogens with zero attached hydrogens (tertiary/aromatic N) is 2. The molecule has 0 aromatic carbocycles. The third kappa shape index (κ3) is 4.02. The van der Waals surface area contributed by atoms with Gasteiger partial charge in [0.05, 0.1) is 12.8 Å². The van der Waals surface area contributed by atoms with Crippen LogP contribution in [-0.2, 0) is 16.1 Å². The summed E-state index contributed by atoms with van der Waals surface area (Å²) in [6, 6.07) is 0. The Morgan fingerprint density at radius 2 is 2.38 bits per heavy atom. The van der Waals surface area contributed by atoms with E-state index in [9.17, 15) is 4.79 Å². The number of aryl methyl sites for hydroxylation is 1. The first kappa shape index (κ1) is 12.7. The van der Waals surface area contributed by atoms with Crippen LogP contribution in [-0.4, -0.2) is 36.6 Å². The monoisotopic (exact) mass is 226 g/mol. The fraction of sp³-hybridized carbons (Fsp3) is 0.636. The van der Waals surface area contributed by atoms with Crippen LogP contribution in [0.4, 0.5) is 0 Å². The van der Waals surface area contributed by atoms with E-state index in [0.717, 1.165) is 31.0 Å². The molecule has 1 heterocycles. The molecule has 0 saturated heterocycles. The number of hydrogen-bond acceptors (Lipinski definition) is 5. The summed E-state index contributed by atoms with van der Waals surface area (Å²) in [7, 11) is 3.40. The molecule has 0 fully saturated rings. The Balaban J connectivity index is 2.24. The highest BCUT2D eigenvalue weighted by atomic mass is 16.5. The van der Waals surface area contributed by atoms with Crippen LogP contribution in [0.2, 0.25) is 0 Å². The number of esters is 1. The number of ether oxygens (including phenoxy) is 1. The van der Waals surface area contributed by atoms with Gasteiger partial charge in [0.25, 0.3) is 0 Å². The normalized spacial score (nSPS) is 10.8. The molecule has 0 aliphatic carbocycles. The van der Waals surface area contributed by atoms with Crippen molar-refractivity contribution in [3.63, 3.8) is 0 Å². The summed E-state index contributed by atoms with van der Waals surface area (Å²) in [5.41, 5.74) is 0.945. The van der Waals surface area contributed by atoms with E-state index >= 15 is 0 Å². The molecule has 0 radical (unpaired) electrons. The quantitative estimate of drug-likeness (QED) is 0.686. The van der Waals surface area contributed by atoms with Crippen molar-refractivity contribution >= 4 is 5.97 Å². The molecule has 0 saturated carbocycles. The van der Waals surface area contributed by atoms with Crippen molar-refractivity contribution in [3.05, 3.63) is 17.8 Å². The smallest absolute Gasteiger partial charge is 0.305 e. The van der Waals surface area contributed by atoms with Gasteiger partial charge in [-0.1, -0.05) is 0 Å². The Morgan fingerprint density at radius 1 is 1.62 bits per heavy atom. The maximum Gasteiger partial charge on any atom is 0.305 e. The van der Waals surface area contributed by atoms with E-state index in [4.69, 9.17) is 4.42 Å². The molecular weight excluding hydrogens is 208 g/mol. The van der Waals surface area contributed by atoms with Crippen molar-refractivity contribution in [1.29, 1.82) is 0 Å². The van der Waals surface area contributed by atoms with Crippen molar-refractivity contribution < 1.29 is 13.9 Å². The highest BCUT2D eigenvalue weighted by Crippen LogP contribution is 2.07. The Labute approximate surface area is 95.4 Å². The lowest BCUT2D eigenvalue weighted by molar-refractivity contribution is -0.140. The first-order valence-electron chi connectivity index (χ1n) is 5.27. The summed E-state index contributed by atoms with van der Waals surface area (Å²) >= 11 is 0. The summed E-state index contributed by atoms with van der Waals surface area (Å²) < 4.78 is 9.69. The lowest BCUT2D eigenvalue weighted by Crippen LogP contribution is -2.20. The van der Waals surface area contributed by atoms with Gasteiger partial charge in [0.15, 0.2) is 6.39 Å². The summed E-state index contributed by atoms with van der Waals surface area (Å²) in [5, 5.41) is 0. The van der Waals surface area contributed by atoms with Gasteiger partial charge in [-0.25, -0.2) is 4.98 Å². The highest BCUT2D eigenvalue weighted by molar-refractivity contribution is 5.69. The molecule has 0 aliphatic heterocycles. The average molecular weight is 226 g/mol. The van der Waals surface area contributed by atoms with Crippen molar-refractivity contribution in [2.45, 2.75) is 26.3 Å². The number of hydrogen-bond donors (Lipinski definition) is 0. The molecule has 90 valence electrons. The average Bonchev–Trinajstić information content (AvgIpc) is 2.64. The zero-order chi connectivity index (χ0) is 12.0. The Kier molecular flexibility index (Phi) is 4.98. The second-order valence-corrected chi connectivity index (χ2v) is 3.77. The van der Waals surface area contributed by atoms with Crippen LogP contribution in [0.15, 0.2) is 10.8 Å². The van der Waals surface area contributed by atoms with Crippen molar-refractivity contribution in [1.82, 2.24) is 9.88 Å². The molecule has 5 nitrogen and oxygen atoms in total. The van der Waals surface area contributed by atoms with Gasteiger partial charge in [-0.15, -0.1) is 0 Å². The molecule has 1 rings (SSSR count). The molecular formula is C11H18N2O3. The molecule has 1 aromatic rings. The number of oxazole rings is 1. The van der Waals surface area contributed by atoms with Crippen LogP contribution < -0.4 is 0 Å². The van der Waals surface area contributed by atoms with Gasteiger partial charge in [-0.2, -0.15) is 0 Å². The fourth-order valence-electron chi connectivity index (χ4n) is 1.41. The number of aromatic nitrogens is 1. The fourth-order valence-corrected chi connectivity index (χ4v) is 1.41. The van der Waals surface area contributed by atoms with Crippen molar-refractivity contribution in [2.75, 3.05) is 20.7 Å². The van der Waals surface area contributed by atoms with Crippen LogP contribution in [0, 0.1) is 6.92 Å². The highest BCUT2D eigenvalue weighted by Gasteiger charge is 2.07. The molecule has 0 bridgehead atoms. The van der Waals surface area contributed by atoms with Crippen molar-refractivity contribution in [3.8, 4) is 0 Å². The standard InChI is InChI=1S/C11H18N2O3/c1-9-10(12-8-16-9)7-13(2)6-4-5-11(14)15-3/h8H,4-7H2,1-3H3. The number of carbonyl (C=O) groups is 1. The summed E-state index contributed by atoms with van der Waals surface area (Å²) in [5.74, 6) is 0.686. The lowest BCUT2D eigenvalue weighted by Gasteiger charge is -2.14. The van der Waals surface area contributed by atoms with Crippen molar-refractivity contribution in [2.24, 2.45) is 0 Å². The Bertz CT molecular complexity index is 336. The lowest BCUT2D eigenvalue weighted by atomic mass is 10.3. The second kappa shape index (κ2) is 6.27. The molecule has 1 aromatic heterocycles. The van der Waals surface area contributed by atoms with Crippen LogP contribution in [0.5, 0.6) is 0 Å². The zero-order valence-electron chi connectivity index (χ0n) is 10.0.